The molecule has 1 aromatic carbocycles. The number of thiophene rings is 1. The Hall–Kier alpha value is -2.02. The third-order valence-electron chi connectivity index (χ3n) is 3.76. The molecule has 2 N–H and O–H groups in total. The summed E-state index contributed by atoms with van der Waals surface area (Å²) in [6.45, 7) is 2.68. The fourth-order valence-corrected chi connectivity index (χ4v) is 3.45. The highest BCUT2D eigenvalue weighted by molar-refractivity contribution is 7.17. The monoisotopic (exact) mass is 329 g/mol. The van der Waals surface area contributed by atoms with E-state index < -0.39 is 5.60 Å². The normalized spacial score (nSPS) is 14.3. The van der Waals surface area contributed by atoms with Gasteiger partial charge < -0.3 is 10.1 Å². The fourth-order valence-electron chi connectivity index (χ4n) is 2.72. The van der Waals surface area contributed by atoms with Gasteiger partial charge >= 0.3 is 0 Å². The van der Waals surface area contributed by atoms with Crippen LogP contribution >= 0.6 is 11.3 Å². The number of nitrogens with one attached hydrogen (secondary N) is 1. The zero-order valence-corrected chi connectivity index (χ0v) is 13.9. The Morgan fingerprint density at radius 1 is 1.30 bits per heavy atom. The molecule has 23 heavy (non-hydrogen) atoms. The number of benzene rings is 1. The summed E-state index contributed by atoms with van der Waals surface area (Å²) < 4.78 is 0.646. The highest BCUT2D eigenvalue weighted by Crippen LogP contribution is 2.21. The van der Waals surface area contributed by atoms with Crippen molar-refractivity contribution in [2.24, 2.45) is 0 Å². The molecule has 1 atom stereocenters. The van der Waals surface area contributed by atoms with Gasteiger partial charge in [-0.05, 0) is 31.0 Å². The van der Waals surface area contributed by atoms with Crippen LogP contribution in [0.2, 0.25) is 0 Å². The Kier molecular flexibility index (Phi) is 4.30. The number of aliphatic hydroxyl groups is 1. The third kappa shape index (κ3) is 3.50. The molecule has 2 heterocycles. The van der Waals surface area contributed by atoms with Crippen LogP contribution in [0.25, 0.3) is 10.2 Å². The van der Waals surface area contributed by atoms with Crippen LogP contribution in [0.3, 0.4) is 0 Å². The molecular formula is C17H19N3O2S. The van der Waals surface area contributed by atoms with Crippen molar-refractivity contribution in [3.63, 3.8) is 0 Å². The van der Waals surface area contributed by atoms with Gasteiger partial charge in [0.2, 0.25) is 0 Å². The van der Waals surface area contributed by atoms with E-state index in [1.165, 1.54) is 11.3 Å². The first kappa shape index (κ1) is 15.9. The molecule has 0 radical (unpaired) electrons. The number of aromatic amines is 1. The molecule has 0 aliphatic heterocycles. The lowest BCUT2D eigenvalue weighted by atomic mass is 9.95. The SMILES string of the molecule is CN(Cc1nc2ccsc2c(=O)[nH]1)CC(C)(O)c1ccccc1. The summed E-state index contributed by atoms with van der Waals surface area (Å²) in [7, 11) is 1.90. The quantitative estimate of drug-likeness (QED) is 0.754. The summed E-state index contributed by atoms with van der Waals surface area (Å²) >= 11 is 1.39. The predicted molar refractivity (Wildman–Crippen MR) is 92.6 cm³/mol. The number of hydrogen-bond donors (Lipinski definition) is 2. The first-order chi connectivity index (χ1) is 11.0. The maximum absolute atomic E-state index is 12.0. The second kappa shape index (κ2) is 6.23. The second-order valence-electron chi connectivity index (χ2n) is 5.96. The van der Waals surface area contributed by atoms with Crippen molar-refractivity contribution in [3.05, 3.63) is 63.5 Å². The lowest BCUT2D eigenvalue weighted by Gasteiger charge is -2.29. The summed E-state index contributed by atoms with van der Waals surface area (Å²) in [5, 5.41) is 12.6. The summed E-state index contributed by atoms with van der Waals surface area (Å²) in [6.07, 6.45) is 0. The van der Waals surface area contributed by atoms with Crippen LogP contribution in [0.4, 0.5) is 0 Å². The predicted octanol–water partition coefficient (Wildman–Crippen LogP) is 2.32. The van der Waals surface area contributed by atoms with E-state index in [0.29, 0.717) is 23.6 Å². The van der Waals surface area contributed by atoms with Crippen molar-refractivity contribution in [1.29, 1.82) is 0 Å². The van der Waals surface area contributed by atoms with Crippen LogP contribution in [0.1, 0.15) is 18.3 Å². The first-order valence-electron chi connectivity index (χ1n) is 7.38. The maximum atomic E-state index is 12.0. The van der Waals surface area contributed by atoms with Gasteiger partial charge in [-0.1, -0.05) is 30.3 Å². The first-order valence-corrected chi connectivity index (χ1v) is 8.26. The van der Waals surface area contributed by atoms with Crippen molar-refractivity contribution in [2.75, 3.05) is 13.6 Å². The molecule has 0 aliphatic carbocycles. The van der Waals surface area contributed by atoms with Crippen molar-refractivity contribution in [2.45, 2.75) is 19.1 Å². The van der Waals surface area contributed by atoms with Crippen LogP contribution in [-0.4, -0.2) is 33.6 Å². The maximum Gasteiger partial charge on any atom is 0.268 e. The number of likely N-dealkylation sites (N-methyl/N-ethyl adjacent to an activating group) is 1. The van der Waals surface area contributed by atoms with E-state index in [-0.39, 0.29) is 5.56 Å². The standard InChI is InChI=1S/C17H19N3O2S/c1-17(22,12-6-4-3-5-7-12)11-20(2)10-14-18-13-8-9-23-15(13)16(21)19-14/h3-9,22H,10-11H2,1-2H3,(H,18,19,21). The van der Waals surface area contributed by atoms with Gasteiger partial charge in [0.1, 0.15) is 10.5 Å². The van der Waals surface area contributed by atoms with Gasteiger partial charge in [-0.25, -0.2) is 4.98 Å². The minimum absolute atomic E-state index is 0.108. The fraction of sp³-hybridized carbons (Fsp3) is 0.294. The summed E-state index contributed by atoms with van der Waals surface area (Å²) in [6, 6.07) is 11.4. The Labute approximate surface area is 138 Å². The third-order valence-corrected chi connectivity index (χ3v) is 4.66. The molecule has 0 aliphatic rings. The van der Waals surface area contributed by atoms with E-state index in [4.69, 9.17) is 0 Å². The lowest BCUT2D eigenvalue weighted by Crippen LogP contribution is -2.37. The average molecular weight is 329 g/mol. The van der Waals surface area contributed by atoms with E-state index >= 15 is 0 Å². The molecule has 0 fully saturated rings. The molecule has 120 valence electrons. The Morgan fingerprint density at radius 2 is 2.04 bits per heavy atom. The van der Waals surface area contributed by atoms with Gasteiger partial charge in [0.05, 0.1) is 17.7 Å². The summed E-state index contributed by atoms with van der Waals surface area (Å²) in [5.74, 6) is 0.604. The largest absolute Gasteiger partial charge is 0.384 e. The molecule has 6 heteroatoms. The zero-order chi connectivity index (χ0) is 16.4. The van der Waals surface area contributed by atoms with Crippen LogP contribution in [-0.2, 0) is 12.1 Å². The Balaban J connectivity index is 1.75. The van der Waals surface area contributed by atoms with Crippen LogP contribution < -0.4 is 5.56 Å². The van der Waals surface area contributed by atoms with Gasteiger partial charge in [0.25, 0.3) is 5.56 Å². The van der Waals surface area contributed by atoms with Gasteiger partial charge in [-0.2, -0.15) is 0 Å². The highest BCUT2D eigenvalue weighted by atomic mass is 32.1. The van der Waals surface area contributed by atoms with Crippen molar-refractivity contribution in [3.8, 4) is 0 Å². The van der Waals surface area contributed by atoms with Crippen LogP contribution in [0.5, 0.6) is 0 Å². The van der Waals surface area contributed by atoms with Gasteiger partial charge in [0, 0.05) is 6.54 Å². The molecule has 2 aromatic heterocycles. The minimum Gasteiger partial charge on any atom is -0.384 e. The van der Waals surface area contributed by atoms with Gasteiger partial charge in [-0.3, -0.25) is 9.69 Å². The van der Waals surface area contributed by atoms with E-state index in [0.717, 1.165) is 11.1 Å². The minimum atomic E-state index is -0.969. The topological polar surface area (TPSA) is 69.2 Å². The van der Waals surface area contributed by atoms with E-state index in [9.17, 15) is 9.90 Å². The molecule has 3 aromatic rings. The number of H-pyrrole nitrogens is 1. The summed E-state index contributed by atoms with van der Waals surface area (Å²) in [4.78, 5) is 21.2. The van der Waals surface area contributed by atoms with E-state index in [1.54, 1.807) is 6.92 Å². The van der Waals surface area contributed by atoms with E-state index in [1.807, 2.05) is 53.7 Å². The molecule has 0 spiro atoms. The second-order valence-corrected chi connectivity index (χ2v) is 6.88. The molecule has 0 amide bonds. The van der Waals surface area contributed by atoms with E-state index in [2.05, 4.69) is 9.97 Å². The molecule has 0 saturated carbocycles. The average Bonchev–Trinajstić information content (AvgIpc) is 2.96. The number of fused-ring (bicyclic) bond motifs is 1. The van der Waals surface area contributed by atoms with Crippen LogP contribution in [0.15, 0.2) is 46.6 Å². The number of aromatic nitrogens is 2. The number of nitrogens with zero attached hydrogens (tertiary/aromatic N) is 2. The van der Waals surface area contributed by atoms with Gasteiger partial charge in [-0.15, -0.1) is 11.3 Å². The van der Waals surface area contributed by atoms with Gasteiger partial charge in [0.15, 0.2) is 0 Å². The van der Waals surface area contributed by atoms with Crippen molar-refractivity contribution in [1.82, 2.24) is 14.9 Å². The molecular weight excluding hydrogens is 310 g/mol. The number of rotatable bonds is 5. The summed E-state index contributed by atoms with van der Waals surface area (Å²) in [5.41, 5.74) is 0.504. The molecule has 1 unspecified atom stereocenters. The molecule has 5 nitrogen and oxygen atoms in total. The molecule has 3 rings (SSSR count). The Morgan fingerprint density at radius 3 is 2.78 bits per heavy atom. The highest BCUT2D eigenvalue weighted by Gasteiger charge is 2.25. The van der Waals surface area contributed by atoms with Crippen LogP contribution in [0, 0.1) is 0 Å². The van der Waals surface area contributed by atoms with Crippen molar-refractivity contribution >= 4 is 21.6 Å². The Bertz CT molecular complexity index is 855. The van der Waals surface area contributed by atoms with Crippen molar-refractivity contribution < 1.29 is 5.11 Å². The molecule has 0 saturated heterocycles. The smallest absolute Gasteiger partial charge is 0.268 e. The zero-order valence-electron chi connectivity index (χ0n) is 13.1. The molecule has 0 bridgehead atoms. The number of hydrogen-bond acceptors (Lipinski definition) is 5. The lowest BCUT2D eigenvalue weighted by molar-refractivity contribution is 0.0208.